The van der Waals surface area contributed by atoms with Gasteiger partial charge in [0.25, 0.3) is 0 Å². The Balaban J connectivity index is 1.28. The molecule has 0 amide bonds. The summed E-state index contributed by atoms with van der Waals surface area (Å²) < 4.78 is 7.11. The third kappa shape index (κ3) is 2.60. The van der Waals surface area contributed by atoms with E-state index in [4.69, 9.17) is 4.74 Å². The van der Waals surface area contributed by atoms with Gasteiger partial charge in [0.15, 0.2) is 0 Å². The molecule has 108 valence electrons. The highest BCUT2D eigenvalue weighted by atomic mass is 79.9. The Bertz CT molecular complexity index is 670. The molecule has 0 aromatic heterocycles. The predicted octanol–water partition coefficient (Wildman–Crippen LogP) is 3.68. The highest BCUT2D eigenvalue weighted by Gasteiger charge is 2.26. The fourth-order valence-electron chi connectivity index (χ4n) is 3.37. The van der Waals surface area contributed by atoms with Crippen LogP contribution >= 0.6 is 15.9 Å². The molecular weight excluding hydrogens is 326 g/mol. The Kier molecular flexibility index (Phi) is 3.48. The quantitative estimate of drug-likeness (QED) is 0.914. The van der Waals surface area contributed by atoms with Crippen LogP contribution in [-0.2, 0) is 12.8 Å². The molecule has 3 heteroatoms. The van der Waals surface area contributed by atoms with Crippen molar-refractivity contribution >= 4 is 15.9 Å². The molecule has 2 atom stereocenters. The van der Waals surface area contributed by atoms with Crippen LogP contribution in [0.25, 0.3) is 0 Å². The zero-order chi connectivity index (χ0) is 14.2. The van der Waals surface area contributed by atoms with Gasteiger partial charge in [-0.3, -0.25) is 0 Å². The summed E-state index contributed by atoms with van der Waals surface area (Å²) in [6.45, 7) is 1.97. The molecule has 1 aliphatic carbocycles. The number of benzene rings is 2. The van der Waals surface area contributed by atoms with Crippen molar-refractivity contribution in [2.24, 2.45) is 0 Å². The summed E-state index contributed by atoms with van der Waals surface area (Å²) in [5.74, 6) is 1.72. The number of ether oxygens (including phenoxy) is 1. The van der Waals surface area contributed by atoms with Crippen LogP contribution in [-0.4, -0.2) is 19.2 Å². The minimum Gasteiger partial charge on any atom is -0.488 e. The molecule has 0 saturated heterocycles. The fraction of sp³-hybridized carbons (Fsp3) is 0.333. The van der Waals surface area contributed by atoms with Gasteiger partial charge in [0.05, 0.1) is 0 Å². The highest BCUT2D eigenvalue weighted by molar-refractivity contribution is 9.10. The lowest BCUT2D eigenvalue weighted by Gasteiger charge is -2.30. The van der Waals surface area contributed by atoms with E-state index < -0.39 is 0 Å². The first-order valence-electron chi connectivity index (χ1n) is 7.53. The lowest BCUT2D eigenvalue weighted by atomic mass is 9.77. The Labute approximate surface area is 133 Å². The molecule has 2 aromatic carbocycles. The second kappa shape index (κ2) is 5.47. The van der Waals surface area contributed by atoms with Crippen LogP contribution in [0.2, 0.25) is 0 Å². The first-order chi connectivity index (χ1) is 10.3. The van der Waals surface area contributed by atoms with Crippen LogP contribution in [0.5, 0.6) is 5.75 Å². The van der Waals surface area contributed by atoms with E-state index in [1.54, 1.807) is 0 Å². The lowest BCUT2D eigenvalue weighted by Crippen LogP contribution is -2.35. The summed E-state index contributed by atoms with van der Waals surface area (Å²) in [6.07, 6.45) is 2.48. The Hall–Kier alpha value is -1.32. The molecule has 21 heavy (non-hydrogen) atoms. The molecule has 1 N–H and O–H groups in total. The number of rotatable bonds is 4. The van der Waals surface area contributed by atoms with Crippen molar-refractivity contribution in [3.63, 3.8) is 0 Å². The first-order valence-corrected chi connectivity index (χ1v) is 8.32. The molecule has 0 spiro atoms. The van der Waals surface area contributed by atoms with E-state index in [-0.39, 0.29) is 6.10 Å². The lowest BCUT2D eigenvalue weighted by molar-refractivity contribution is 0.226. The molecule has 4 rings (SSSR count). The van der Waals surface area contributed by atoms with Crippen molar-refractivity contribution < 1.29 is 4.74 Å². The van der Waals surface area contributed by atoms with E-state index in [1.807, 2.05) is 6.07 Å². The molecule has 0 fully saturated rings. The van der Waals surface area contributed by atoms with Gasteiger partial charge in [0.2, 0.25) is 0 Å². The summed E-state index contributed by atoms with van der Waals surface area (Å²) in [4.78, 5) is 0. The normalized spacial score (nSPS) is 22.1. The van der Waals surface area contributed by atoms with Crippen molar-refractivity contribution in [1.29, 1.82) is 0 Å². The third-order valence-electron chi connectivity index (χ3n) is 4.49. The van der Waals surface area contributed by atoms with E-state index in [0.29, 0.717) is 5.92 Å². The largest absolute Gasteiger partial charge is 0.488 e. The number of hydrogen-bond acceptors (Lipinski definition) is 2. The second-order valence-corrected chi connectivity index (χ2v) is 6.87. The molecule has 2 unspecified atom stereocenters. The molecule has 0 saturated carbocycles. The minimum atomic E-state index is 0.268. The average Bonchev–Trinajstić information content (AvgIpc) is 2.85. The number of halogens is 1. The van der Waals surface area contributed by atoms with Crippen LogP contribution < -0.4 is 10.1 Å². The van der Waals surface area contributed by atoms with Crippen molar-refractivity contribution in [3.8, 4) is 5.75 Å². The average molecular weight is 344 g/mol. The molecule has 0 radical (unpaired) electrons. The topological polar surface area (TPSA) is 21.3 Å². The van der Waals surface area contributed by atoms with E-state index >= 15 is 0 Å². The van der Waals surface area contributed by atoms with Crippen LogP contribution in [0, 0.1) is 0 Å². The van der Waals surface area contributed by atoms with Gasteiger partial charge < -0.3 is 10.1 Å². The van der Waals surface area contributed by atoms with Crippen molar-refractivity contribution in [1.82, 2.24) is 5.32 Å². The van der Waals surface area contributed by atoms with Crippen LogP contribution in [0.4, 0.5) is 0 Å². The van der Waals surface area contributed by atoms with E-state index in [1.165, 1.54) is 23.1 Å². The van der Waals surface area contributed by atoms with Crippen molar-refractivity contribution in [3.05, 3.63) is 63.6 Å². The molecule has 2 aliphatic rings. The molecular formula is C18H18BrNO. The van der Waals surface area contributed by atoms with Crippen LogP contribution in [0.3, 0.4) is 0 Å². The fourth-order valence-corrected chi connectivity index (χ4v) is 3.77. The van der Waals surface area contributed by atoms with Gasteiger partial charge >= 0.3 is 0 Å². The summed E-state index contributed by atoms with van der Waals surface area (Å²) in [6, 6.07) is 15.0. The second-order valence-electron chi connectivity index (χ2n) is 5.95. The van der Waals surface area contributed by atoms with Gasteiger partial charge in [-0.25, -0.2) is 0 Å². The summed E-state index contributed by atoms with van der Waals surface area (Å²) >= 11 is 3.52. The van der Waals surface area contributed by atoms with Crippen molar-refractivity contribution in [2.45, 2.75) is 24.9 Å². The molecule has 1 aliphatic heterocycles. The molecule has 0 bridgehead atoms. The summed E-state index contributed by atoms with van der Waals surface area (Å²) in [5.41, 5.74) is 4.34. The molecule has 2 aromatic rings. The Morgan fingerprint density at radius 3 is 2.86 bits per heavy atom. The van der Waals surface area contributed by atoms with E-state index in [0.717, 1.165) is 29.7 Å². The summed E-state index contributed by atoms with van der Waals surface area (Å²) in [5, 5.41) is 3.58. The monoisotopic (exact) mass is 343 g/mol. The maximum atomic E-state index is 5.98. The van der Waals surface area contributed by atoms with Gasteiger partial charge in [-0.05, 0) is 41.3 Å². The Morgan fingerprint density at radius 1 is 1.05 bits per heavy atom. The molecule has 1 heterocycles. The van der Waals surface area contributed by atoms with E-state index in [2.05, 4.69) is 57.6 Å². The van der Waals surface area contributed by atoms with Gasteiger partial charge in [-0.15, -0.1) is 0 Å². The van der Waals surface area contributed by atoms with Crippen LogP contribution in [0.1, 0.15) is 22.6 Å². The van der Waals surface area contributed by atoms with E-state index in [9.17, 15) is 0 Å². The summed E-state index contributed by atoms with van der Waals surface area (Å²) in [7, 11) is 0. The SMILES string of the molecule is Brc1ccc2c(c1)CC(CNCC1Cc3ccccc31)O2. The van der Waals surface area contributed by atoms with Crippen molar-refractivity contribution in [2.75, 3.05) is 13.1 Å². The number of fused-ring (bicyclic) bond motifs is 2. The predicted molar refractivity (Wildman–Crippen MR) is 88.0 cm³/mol. The van der Waals surface area contributed by atoms with Gasteiger partial charge in [0, 0.05) is 29.9 Å². The van der Waals surface area contributed by atoms with Gasteiger partial charge in [-0.1, -0.05) is 40.2 Å². The van der Waals surface area contributed by atoms with Crippen LogP contribution in [0.15, 0.2) is 46.9 Å². The first kappa shape index (κ1) is 13.4. The zero-order valence-corrected chi connectivity index (χ0v) is 13.4. The smallest absolute Gasteiger partial charge is 0.123 e. The number of hydrogen-bond donors (Lipinski definition) is 1. The number of nitrogens with one attached hydrogen (secondary N) is 1. The minimum absolute atomic E-state index is 0.268. The standard InChI is InChI=1S/C18H18BrNO/c19-15-5-6-18-13(8-15)9-16(21-18)11-20-10-14-7-12-3-1-2-4-17(12)14/h1-6,8,14,16,20H,7,9-11H2. The van der Waals surface area contributed by atoms with Gasteiger partial charge in [0.1, 0.15) is 11.9 Å². The van der Waals surface area contributed by atoms with Gasteiger partial charge in [-0.2, -0.15) is 0 Å². The third-order valence-corrected chi connectivity index (χ3v) is 4.98. The Morgan fingerprint density at radius 2 is 1.95 bits per heavy atom. The zero-order valence-electron chi connectivity index (χ0n) is 11.8. The highest BCUT2D eigenvalue weighted by Crippen LogP contribution is 2.34. The maximum absolute atomic E-state index is 5.98. The molecule has 2 nitrogen and oxygen atoms in total. The maximum Gasteiger partial charge on any atom is 0.123 e.